The van der Waals surface area contributed by atoms with Gasteiger partial charge in [0.25, 0.3) is 0 Å². The molecule has 0 aromatic carbocycles. The van der Waals surface area contributed by atoms with Gasteiger partial charge in [0.15, 0.2) is 0 Å². The molecule has 0 atom stereocenters. The van der Waals surface area contributed by atoms with Gasteiger partial charge >= 0.3 is 64.8 Å². The van der Waals surface area contributed by atoms with Crippen molar-refractivity contribution < 1.29 is 122 Å². The fraction of sp³-hybridized carbons (Fsp3) is 0. The maximum Gasteiger partial charge on any atom is 3.00 e. The molecule has 0 amide bonds. The smallest absolute Gasteiger partial charge is 0.744 e. The Labute approximate surface area is 166 Å². The van der Waals surface area contributed by atoms with E-state index in [1.807, 2.05) is 0 Å². The van der Waals surface area contributed by atoms with Gasteiger partial charge in [0.2, 0.25) is 23.7 Å². The molecule has 0 heterocycles. The first-order valence-electron chi connectivity index (χ1n) is 1.64. The molecule has 0 aliphatic rings. The van der Waals surface area contributed by atoms with Crippen LogP contribution in [-0.2, 0) is 27.4 Å². The Morgan fingerprint density at radius 3 is 0.600 bits per heavy atom. The molecule has 0 rings (SSSR count). The van der Waals surface area contributed by atoms with Gasteiger partial charge in [0.05, 0.1) is 0 Å². The maximum atomic E-state index is 8.48. The monoisotopic (exact) mass is 562 g/mol. The maximum absolute atomic E-state index is 8.48. The van der Waals surface area contributed by atoms with Gasteiger partial charge in [-0.2, -0.15) is 0 Å². The minimum absolute atomic E-state index is 0. The summed E-state index contributed by atoms with van der Waals surface area (Å²) in [4.78, 5) is 25.4. The van der Waals surface area contributed by atoms with Crippen molar-refractivity contribution in [3.63, 3.8) is 0 Å². The summed E-state index contributed by atoms with van der Waals surface area (Å²) in [5, 5.41) is 0. The Morgan fingerprint density at radius 1 is 0.600 bits per heavy atom. The molecule has 0 bridgehead atoms. The molecule has 2 radical (unpaired) electrons. The SMILES string of the molecule is O=P(=O)[O-].O=P(=O)[O-].O=P(=O)[O-].[Ce+3].[MgH2].[Tb]. The van der Waals surface area contributed by atoms with E-state index in [1.54, 1.807) is 0 Å². The molecule has 15 heavy (non-hydrogen) atoms. The molecule has 0 aromatic rings. The van der Waals surface area contributed by atoms with Crippen LogP contribution >= 0.6 is 23.7 Å². The fourth-order valence-electron chi connectivity index (χ4n) is 0. The number of hydrogen-bond acceptors (Lipinski definition) is 9. The third kappa shape index (κ3) is 423. The zero-order valence-corrected chi connectivity index (χ0v) is 13.8. The summed E-state index contributed by atoms with van der Waals surface area (Å²) in [6.07, 6.45) is 0. The summed E-state index contributed by atoms with van der Waals surface area (Å²) in [6, 6.07) is 0. The second kappa shape index (κ2) is 30.2. The van der Waals surface area contributed by atoms with Crippen molar-refractivity contribution in [2.45, 2.75) is 0 Å². The predicted molar refractivity (Wildman–Crippen MR) is 33.4 cm³/mol. The molecule has 0 aromatic heterocycles. The van der Waals surface area contributed by atoms with Crippen LogP contribution in [0, 0.1) is 80.4 Å². The average Bonchev–Trinajstić information content (AvgIpc) is 1.54. The van der Waals surface area contributed by atoms with E-state index in [-0.39, 0.29) is 103 Å². The van der Waals surface area contributed by atoms with Crippen LogP contribution < -0.4 is 14.7 Å². The Kier molecular flexibility index (Phi) is 72.8. The van der Waals surface area contributed by atoms with E-state index < -0.39 is 23.7 Å². The van der Waals surface area contributed by atoms with Crippen LogP contribution in [0.5, 0.6) is 0 Å². The molecule has 0 aliphatic carbocycles. The topological polar surface area (TPSA) is 172 Å². The van der Waals surface area contributed by atoms with Crippen molar-refractivity contribution in [2.75, 3.05) is 0 Å². The summed E-state index contributed by atoms with van der Waals surface area (Å²) >= 11 is 0. The van der Waals surface area contributed by atoms with E-state index in [4.69, 9.17) is 42.1 Å². The van der Waals surface area contributed by atoms with Gasteiger partial charge < -0.3 is 14.7 Å². The second-order valence-corrected chi connectivity index (χ2v) is 2.01. The van der Waals surface area contributed by atoms with E-state index in [1.165, 1.54) is 0 Å². The van der Waals surface area contributed by atoms with Crippen LogP contribution in [0.4, 0.5) is 0 Å². The van der Waals surface area contributed by atoms with Crippen molar-refractivity contribution in [1.82, 2.24) is 0 Å². The van der Waals surface area contributed by atoms with Crippen LogP contribution in [-0.4, -0.2) is 23.1 Å². The normalized spacial score (nSPS) is 5.00. The van der Waals surface area contributed by atoms with Gasteiger partial charge in [0.1, 0.15) is 0 Å². The van der Waals surface area contributed by atoms with Crippen LogP contribution in [0.2, 0.25) is 0 Å². The zero-order valence-electron chi connectivity index (χ0n) is 5.85. The summed E-state index contributed by atoms with van der Waals surface area (Å²) in [5.41, 5.74) is 0. The first kappa shape index (κ1) is 36.1. The van der Waals surface area contributed by atoms with Crippen LogP contribution in [0.25, 0.3) is 0 Å². The van der Waals surface area contributed by atoms with E-state index in [2.05, 4.69) is 0 Å². The molecule has 0 saturated heterocycles. The molecule has 0 unspecified atom stereocenters. The molecular formula is H2CeMgO9P3Tb. The first-order chi connectivity index (χ1) is 5.20. The zero-order chi connectivity index (χ0) is 10.7. The van der Waals surface area contributed by atoms with Crippen molar-refractivity contribution >= 4 is 46.8 Å². The third-order valence-electron chi connectivity index (χ3n) is 0. The Morgan fingerprint density at radius 2 is 0.600 bits per heavy atom. The first-order valence-corrected chi connectivity index (χ1v) is 4.93. The van der Waals surface area contributed by atoms with Crippen molar-refractivity contribution in [1.29, 1.82) is 0 Å². The van der Waals surface area contributed by atoms with Crippen molar-refractivity contribution in [3.05, 3.63) is 0 Å². The van der Waals surface area contributed by atoms with Gasteiger partial charge in [-0.3, -0.25) is 27.4 Å². The van der Waals surface area contributed by atoms with Gasteiger partial charge in [-0.25, -0.2) is 0 Å². The third-order valence-corrected chi connectivity index (χ3v) is 0. The van der Waals surface area contributed by atoms with E-state index in [0.29, 0.717) is 0 Å². The molecule has 0 fully saturated rings. The second-order valence-electron chi connectivity index (χ2n) is 0.671. The molecule has 0 N–H and O–H groups in total. The molecule has 0 saturated carbocycles. The van der Waals surface area contributed by atoms with Crippen molar-refractivity contribution in [2.24, 2.45) is 0 Å². The van der Waals surface area contributed by atoms with Crippen molar-refractivity contribution in [3.8, 4) is 0 Å². The van der Waals surface area contributed by atoms with E-state index in [0.717, 1.165) is 0 Å². The molecule has 0 spiro atoms. The van der Waals surface area contributed by atoms with Gasteiger partial charge in [0, 0.05) is 38.6 Å². The summed E-state index contributed by atoms with van der Waals surface area (Å²) < 4.78 is 50.9. The molecule has 0 aliphatic heterocycles. The molecular weight excluding hydrogens is 560 g/mol. The Hall–Kier alpha value is 3.01. The van der Waals surface area contributed by atoms with E-state index in [9.17, 15) is 0 Å². The summed E-state index contributed by atoms with van der Waals surface area (Å²) in [6.45, 7) is 0. The van der Waals surface area contributed by atoms with Crippen LogP contribution in [0.15, 0.2) is 0 Å². The standard InChI is InChI=1S/Ce.Mg.3HO3P.Tb.2H/c;;3*1-4(2)3;;;/h;;3*(H,1,2,3);;;/q+3;;;;;;;/p-3. The molecule has 15 heteroatoms. The van der Waals surface area contributed by atoms with Crippen LogP contribution in [0.1, 0.15) is 0 Å². The van der Waals surface area contributed by atoms with Gasteiger partial charge in [-0.15, -0.1) is 0 Å². The molecule has 9 nitrogen and oxygen atoms in total. The van der Waals surface area contributed by atoms with Gasteiger partial charge in [-0.05, 0) is 0 Å². The largest absolute Gasteiger partial charge is 3.00 e. The summed E-state index contributed by atoms with van der Waals surface area (Å²) in [7, 11) is -10.1. The Balaban J connectivity index is -0.0000000184. The Bertz CT molecular complexity index is 218. The van der Waals surface area contributed by atoms with E-state index >= 15 is 0 Å². The van der Waals surface area contributed by atoms with Gasteiger partial charge in [-0.1, -0.05) is 0 Å². The average molecular weight is 562 g/mol. The summed E-state index contributed by atoms with van der Waals surface area (Å²) in [5.74, 6) is 0. The molecule has 86 valence electrons. The quantitative estimate of drug-likeness (QED) is 0.227. The van der Waals surface area contributed by atoms with Crippen LogP contribution in [0.3, 0.4) is 0 Å². The minimum Gasteiger partial charge on any atom is -0.744 e. The minimum atomic E-state index is -3.37. The number of rotatable bonds is 0. The number of hydrogen-bond donors (Lipinski definition) is 0. The predicted octanol–water partition coefficient (Wildman–Crippen LogP) is -2.61. The fourth-order valence-corrected chi connectivity index (χ4v) is 0.